The van der Waals surface area contributed by atoms with E-state index in [2.05, 4.69) is 0 Å². The third-order valence-electron chi connectivity index (χ3n) is 3.28. The van der Waals surface area contributed by atoms with Gasteiger partial charge in [-0.25, -0.2) is 0 Å². The highest BCUT2D eigenvalue weighted by atomic mass is 16.4. The summed E-state index contributed by atoms with van der Waals surface area (Å²) in [5, 5.41) is 21.4. The van der Waals surface area contributed by atoms with Crippen molar-refractivity contribution in [3.63, 3.8) is 0 Å². The molecular weight excluding hydrogens is 244 g/mol. The Morgan fingerprint density at radius 3 is 2.26 bits per heavy atom. The number of phenolic OH excluding ortho intramolecular Hbond substituents is 1. The number of benzene rings is 1. The molecule has 0 aliphatic rings. The number of phenols is 1. The SMILES string of the molecule is Cc1cc2c(CC(C)O)c3oc(C)cc3c(O)c2o1. The van der Waals surface area contributed by atoms with Crippen molar-refractivity contribution >= 4 is 21.9 Å². The number of aryl methyl sites for hydroxylation is 2. The summed E-state index contributed by atoms with van der Waals surface area (Å²) in [6, 6.07) is 3.65. The van der Waals surface area contributed by atoms with Crippen LogP contribution < -0.4 is 0 Å². The number of aliphatic hydroxyl groups excluding tert-OH is 1. The highest BCUT2D eigenvalue weighted by Crippen LogP contribution is 2.40. The van der Waals surface area contributed by atoms with Crippen LogP contribution in [0.25, 0.3) is 21.9 Å². The van der Waals surface area contributed by atoms with Crippen molar-refractivity contribution in [3.8, 4) is 5.75 Å². The maximum absolute atomic E-state index is 10.3. The Kier molecular flexibility index (Phi) is 2.57. The molecule has 0 amide bonds. The van der Waals surface area contributed by atoms with Gasteiger partial charge in [-0.2, -0.15) is 0 Å². The average molecular weight is 260 g/mol. The largest absolute Gasteiger partial charge is 0.504 e. The van der Waals surface area contributed by atoms with Gasteiger partial charge in [-0.1, -0.05) is 0 Å². The minimum Gasteiger partial charge on any atom is -0.504 e. The van der Waals surface area contributed by atoms with Crippen molar-refractivity contribution in [1.29, 1.82) is 0 Å². The summed E-state index contributed by atoms with van der Waals surface area (Å²) in [5.41, 5.74) is 1.97. The zero-order chi connectivity index (χ0) is 13.7. The van der Waals surface area contributed by atoms with Gasteiger partial charge in [-0.3, -0.25) is 0 Å². The predicted molar refractivity (Wildman–Crippen MR) is 72.5 cm³/mol. The smallest absolute Gasteiger partial charge is 0.177 e. The Labute approximate surface area is 110 Å². The number of fused-ring (bicyclic) bond motifs is 2. The lowest BCUT2D eigenvalue weighted by Crippen LogP contribution is -2.04. The summed E-state index contributed by atoms with van der Waals surface area (Å²) >= 11 is 0. The van der Waals surface area contributed by atoms with Crippen LogP contribution in [0.1, 0.15) is 24.0 Å². The molecule has 0 spiro atoms. The van der Waals surface area contributed by atoms with Crippen LogP contribution in [-0.4, -0.2) is 16.3 Å². The minimum atomic E-state index is -0.489. The molecule has 100 valence electrons. The molecule has 1 unspecified atom stereocenters. The Morgan fingerprint density at radius 2 is 1.63 bits per heavy atom. The topological polar surface area (TPSA) is 66.7 Å². The Morgan fingerprint density at radius 1 is 1.05 bits per heavy atom. The number of hydrogen-bond acceptors (Lipinski definition) is 4. The van der Waals surface area contributed by atoms with Gasteiger partial charge in [0.25, 0.3) is 0 Å². The first-order valence-electron chi connectivity index (χ1n) is 6.29. The van der Waals surface area contributed by atoms with Crippen LogP contribution in [0.15, 0.2) is 21.0 Å². The number of aliphatic hydroxyl groups is 1. The van der Waals surface area contributed by atoms with Crippen molar-refractivity contribution in [1.82, 2.24) is 0 Å². The number of aromatic hydroxyl groups is 1. The quantitative estimate of drug-likeness (QED) is 0.740. The molecule has 1 atom stereocenters. The van der Waals surface area contributed by atoms with E-state index in [9.17, 15) is 10.2 Å². The number of rotatable bonds is 2. The van der Waals surface area contributed by atoms with E-state index in [-0.39, 0.29) is 5.75 Å². The molecule has 0 saturated heterocycles. The summed E-state index contributed by atoms with van der Waals surface area (Å²) in [7, 11) is 0. The second-order valence-electron chi connectivity index (χ2n) is 5.08. The molecule has 2 aromatic heterocycles. The van der Waals surface area contributed by atoms with Gasteiger partial charge in [-0.15, -0.1) is 0 Å². The van der Waals surface area contributed by atoms with Gasteiger partial charge in [0.05, 0.1) is 11.5 Å². The van der Waals surface area contributed by atoms with Crippen LogP contribution >= 0.6 is 0 Å². The van der Waals surface area contributed by atoms with E-state index in [1.54, 1.807) is 13.0 Å². The summed E-state index contributed by atoms with van der Waals surface area (Å²) in [6.07, 6.45) is -0.0318. The van der Waals surface area contributed by atoms with E-state index in [1.807, 2.05) is 19.9 Å². The molecule has 3 aromatic rings. The van der Waals surface area contributed by atoms with E-state index in [0.29, 0.717) is 23.0 Å². The van der Waals surface area contributed by atoms with Gasteiger partial charge >= 0.3 is 0 Å². The third-order valence-corrected chi connectivity index (χ3v) is 3.28. The summed E-state index contributed by atoms with van der Waals surface area (Å²) < 4.78 is 11.3. The summed E-state index contributed by atoms with van der Waals surface area (Å²) in [5.74, 6) is 1.55. The van der Waals surface area contributed by atoms with E-state index < -0.39 is 6.10 Å². The fraction of sp³-hybridized carbons (Fsp3) is 0.333. The third kappa shape index (κ3) is 1.79. The molecule has 0 fully saturated rings. The van der Waals surface area contributed by atoms with Gasteiger partial charge in [-0.05, 0) is 32.9 Å². The van der Waals surface area contributed by atoms with Gasteiger partial charge in [0.15, 0.2) is 11.3 Å². The maximum atomic E-state index is 10.3. The average Bonchev–Trinajstić information content (AvgIpc) is 2.87. The van der Waals surface area contributed by atoms with Gasteiger partial charge in [0.2, 0.25) is 0 Å². The minimum absolute atomic E-state index is 0.101. The number of furan rings is 2. The van der Waals surface area contributed by atoms with Crippen LogP contribution in [0, 0.1) is 13.8 Å². The van der Waals surface area contributed by atoms with Crippen molar-refractivity contribution in [2.24, 2.45) is 0 Å². The second-order valence-corrected chi connectivity index (χ2v) is 5.08. The Balaban J connectivity index is 2.47. The molecule has 0 aliphatic heterocycles. The Bertz CT molecular complexity index is 704. The first kappa shape index (κ1) is 12.1. The molecule has 0 radical (unpaired) electrons. The summed E-state index contributed by atoms with van der Waals surface area (Å²) in [4.78, 5) is 0. The Hall–Kier alpha value is -1.94. The first-order chi connectivity index (χ1) is 8.97. The van der Waals surface area contributed by atoms with Crippen molar-refractivity contribution < 1.29 is 19.0 Å². The standard InChI is InChI=1S/C15H16O4/c1-7(16)4-10-11-5-8(2)19-15(11)13(17)12-6-9(3)18-14(10)12/h5-7,16-17H,4H2,1-3H3. The molecule has 0 bridgehead atoms. The van der Waals surface area contributed by atoms with Gasteiger partial charge in [0.1, 0.15) is 17.1 Å². The van der Waals surface area contributed by atoms with Gasteiger partial charge < -0.3 is 19.0 Å². The molecule has 1 aromatic carbocycles. The van der Waals surface area contributed by atoms with Crippen LogP contribution in [0.2, 0.25) is 0 Å². The van der Waals surface area contributed by atoms with Crippen molar-refractivity contribution in [3.05, 3.63) is 29.2 Å². The van der Waals surface area contributed by atoms with Crippen molar-refractivity contribution in [2.75, 3.05) is 0 Å². The zero-order valence-corrected chi connectivity index (χ0v) is 11.2. The van der Waals surface area contributed by atoms with Gasteiger partial charge in [0, 0.05) is 17.4 Å². The monoisotopic (exact) mass is 260 g/mol. The fourth-order valence-corrected chi connectivity index (χ4v) is 2.57. The molecule has 0 saturated carbocycles. The van der Waals surface area contributed by atoms with E-state index in [1.165, 1.54) is 0 Å². The molecular formula is C15H16O4. The molecule has 2 heterocycles. The molecule has 0 aliphatic carbocycles. The molecule has 4 nitrogen and oxygen atoms in total. The van der Waals surface area contributed by atoms with Crippen LogP contribution in [0.5, 0.6) is 5.75 Å². The molecule has 19 heavy (non-hydrogen) atoms. The fourth-order valence-electron chi connectivity index (χ4n) is 2.57. The molecule has 3 rings (SSSR count). The second kappa shape index (κ2) is 4.03. The van der Waals surface area contributed by atoms with E-state index >= 15 is 0 Å². The summed E-state index contributed by atoms with van der Waals surface area (Å²) in [6.45, 7) is 5.39. The number of hydrogen-bond donors (Lipinski definition) is 2. The van der Waals surface area contributed by atoms with Crippen LogP contribution in [-0.2, 0) is 6.42 Å². The lowest BCUT2D eigenvalue weighted by atomic mass is 10.0. The highest BCUT2D eigenvalue weighted by Gasteiger charge is 2.21. The van der Waals surface area contributed by atoms with E-state index in [4.69, 9.17) is 8.83 Å². The zero-order valence-electron chi connectivity index (χ0n) is 11.2. The van der Waals surface area contributed by atoms with Crippen LogP contribution in [0.4, 0.5) is 0 Å². The highest BCUT2D eigenvalue weighted by molar-refractivity contribution is 6.04. The first-order valence-corrected chi connectivity index (χ1v) is 6.29. The molecule has 2 N–H and O–H groups in total. The lowest BCUT2D eigenvalue weighted by Gasteiger charge is -2.07. The van der Waals surface area contributed by atoms with Crippen LogP contribution in [0.3, 0.4) is 0 Å². The molecule has 4 heteroatoms. The van der Waals surface area contributed by atoms with Crippen molar-refractivity contribution in [2.45, 2.75) is 33.3 Å². The predicted octanol–water partition coefficient (Wildman–Crippen LogP) is 3.42. The normalized spacial score (nSPS) is 13.5. The lowest BCUT2D eigenvalue weighted by molar-refractivity contribution is 0.196. The van der Waals surface area contributed by atoms with E-state index in [0.717, 1.165) is 22.5 Å². The maximum Gasteiger partial charge on any atom is 0.177 e.